The number of halogens is 1. The van der Waals surface area contributed by atoms with E-state index in [1.807, 2.05) is 24.7 Å². The van der Waals surface area contributed by atoms with Gasteiger partial charge in [-0.1, -0.05) is 15.9 Å². The maximum Gasteiger partial charge on any atom is 0.251 e. The van der Waals surface area contributed by atoms with Crippen LogP contribution in [0.15, 0.2) is 46.1 Å². The van der Waals surface area contributed by atoms with Gasteiger partial charge >= 0.3 is 0 Å². The largest absolute Gasteiger partial charge is 0.352 e. The molecule has 1 amide bonds. The summed E-state index contributed by atoms with van der Waals surface area (Å²) in [6.07, 6.45) is 6.57. The van der Waals surface area contributed by atoms with Crippen LogP contribution in [-0.2, 0) is 0 Å². The Hall–Kier alpha value is -1.46. The number of hydrogen-bond acceptors (Lipinski definition) is 2. The number of amides is 1. The van der Waals surface area contributed by atoms with Crippen LogP contribution >= 0.6 is 15.9 Å². The molecule has 0 saturated carbocycles. The summed E-state index contributed by atoms with van der Waals surface area (Å²) in [7, 11) is 0. The van der Waals surface area contributed by atoms with Crippen LogP contribution in [0.5, 0.6) is 0 Å². The van der Waals surface area contributed by atoms with Crippen LogP contribution in [0.4, 0.5) is 0 Å². The van der Waals surface area contributed by atoms with Crippen molar-refractivity contribution in [1.29, 1.82) is 0 Å². The summed E-state index contributed by atoms with van der Waals surface area (Å²) in [5, 5.41) is 2.91. The Morgan fingerprint density at radius 3 is 2.78 bits per heavy atom. The number of carbonyl (C=O) groups is 1. The summed E-state index contributed by atoms with van der Waals surface area (Å²) in [6.45, 7) is 1.63. The van der Waals surface area contributed by atoms with Crippen molar-refractivity contribution in [1.82, 2.24) is 5.32 Å². The molecule has 0 spiro atoms. The summed E-state index contributed by atoms with van der Waals surface area (Å²) in [5.41, 5.74) is 0.688. The maximum atomic E-state index is 11.8. The molecule has 0 saturated heterocycles. The van der Waals surface area contributed by atoms with E-state index < -0.39 is 0 Å². The molecule has 1 atom stereocenters. The van der Waals surface area contributed by atoms with Gasteiger partial charge in [-0.15, -0.1) is 0 Å². The molecule has 1 aliphatic heterocycles. The minimum absolute atomic E-state index is 0.0249. The first-order chi connectivity index (χ1) is 8.75. The van der Waals surface area contributed by atoms with Gasteiger partial charge in [-0.25, -0.2) is 4.99 Å². The molecule has 1 unspecified atom stereocenters. The highest BCUT2D eigenvalue weighted by molar-refractivity contribution is 9.10. The number of nitrogens with one attached hydrogen (secondary N) is 2. The van der Waals surface area contributed by atoms with Gasteiger partial charge in [0.2, 0.25) is 0 Å². The molecular formula is C13H15BrN3O+. The highest BCUT2D eigenvalue weighted by Crippen LogP contribution is 2.10. The van der Waals surface area contributed by atoms with Crippen molar-refractivity contribution in [2.75, 3.05) is 13.1 Å². The Morgan fingerprint density at radius 2 is 2.11 bits per heavy atom. The van der Waals surface area contributed by atoms with Gasteiger partial charge in [0, 0.05) is 23.0 Å². The van der Waals surface area contributed by atoms with Crippen molar-refractivity contribution >= 4 is 28.2 Å². The van der Waals surface area contributed by atoms with E-state index in [0.717, 1.165) is 17.4 Å². The van der Waals surface area contributed by atoms with Crippen molar-refractivity contribution < 1.29 is 9.69 Å². The summed E-state index contributed by atoms with van der Waals surface area (Å²) in [4.78, 5) is 17.0. The van der Waals surface area contributed by atoms with Crippen LogP contribution in [-0.4, -0.2) is 25.3 Å². The normalized spacial score (nSPS) is 17.1. The lowest BCUT2D eigenvalue weighted by Gasteiger charge is -2.07. The zero-order valence-corrected chi connectivity index (χ0v) is 11.5. The van der Waals surface area contributed by atoms with E-state index in [-0.39, 0.29) is 5.91 Å². The minimum atomic E-state index is -0.0249. The van der Waals surface area contributed by atoms with Gasteiger partial charge in [0.15, 0.2) is 6.34 Å². The van der Waals surface area contributed by atoms with Crippen LogP contribution < -0.4 is 10.2 Å². The third kappa shape index (κ3) is 3.78. The molecule has 1 aromatic carbocycles. The third-order valence-corrected chi connectivity index (χ3v) is 3.18. The molecule has 5 heteroatoms. The number of hydrogen-bond donors (Lipinski definition) is 2. The Bertz CT molecular complexity index is 456. The molecule has 0 aromatic heterocycles. The molecule has 1 aromatic rings. The first kappa shape index (κ1) is 13.0. The van der Waals surface area contributed by atoms with Crippen molar-refractivity contribution in [2.24, 2.45) is 4.99 Å². The van der Waals surface area contributed by atoms with Gasteiger partial charge < -0.3 is 5.32 Å². The lowest BCUT2D eigenvalue weighted by molar-refractivity contribution is -0.736. The SMILES string of the molecule is O=C(NCCC[NH+]1C=CN=C1)c1ccc(Br)cc1. The van der Waals surface area contributed by atoms with E-state index in [4.69, 9.17) is 0 Å². The van der Waals surface area contributed by atoms with Crippen molar-refractivity contribution in [3.63, 3.8) is 0 Å². The van der Waals surface area contributed by atoms with Gasteiger partial charge in [-0.3, -0.25) is 9.69 Å². The topological polar surface area (TPSA) is 45.9 Å². The van der Waals surface area contributed by atoms with E-state index >= 15 is 0 Å². The Balaban J connectivity index is 1.70. The van der Waals surface area contributed by atoms with Gasteiger partial charge in [0.25, 0.3) is 5.91 Å². The number of quaternary nitrogens is 1. The molecule has 2 N–H and O–H groups in total. The Labute approximate surface area is 115 Å². The lowest BCUT2D eigenvalue weighted by atomic mass is 10.2. The van der Waals surface area contributed by atoms with Crippen molar-refractivity contribution in [3.8, 4) is 0 Å². The Kier molecular flexibility index (Phi) is 4.66. The lowest BCUT2D eigenvalue weighted by Crippen LogP contribution is -3.05. The quantitative estimate of drug-likeness (QED) is 0.782. The van der Waals surface area contributed by atoms with Gasteiger partial charge in [-0.05, 0) is 24.3 Å². The summed E-state index contributed by atoms with van der Waals surface area (Å²) in [5.74, 6) is -0.0249. The predicted molar refractivity (Wildman–Crippen MR) is 74.6 cm³/mol. The molecule has 1 aliphatic rings. The zero-order chi connectivity index (χ0) is 12.8. The minimum Gasteiger partial charge on any atom is -0.352 e. The molecule has 94 valence electrons. The number of aliphatic imine (C=N–C) groups is 1. The number of nitrogens with zero attached hydrogens (tertiary/aromatic N) is 1. The van der Waals surface area contributed by atoms with E-state index in [9.17, 15) is 4.79 Å². The fraction of sp³-hybridized carbons (Fsp3) is 0.231. The van der Waals surface area contributed by atoms with Gasteiger partial charge in [0.05, 0.1) is 12.7 Å². The molecule has 0 bridgehead atoms. The smallest absolute Gasteiger partial charge is 0.251 e. The van der Waals surface area contributed by atoms with Gasteiger partial charge in [-0.2, -0.15) is 0 Å². The van der Waals surface area contributed by atoms with Crippen LogP contribution in [0.3, 0.4) is 0 Å². The first-order valence-corrected chi connectivity index (χ1v) is 6.64. The van der Waals surface area contributed by atoms with Crippen LogP contribution in [0.25, 0.3) is 0 Å². The van der Waals surface area contributed by atoms with E-state index in [2.05, 4.69) is 26.2 Å². The standard InChI is InChI=1S/C13H14BrN3O/c14-12-4-2-11(3-5-12)13(18)16-6-1-8-17-9-7-15-10-17/h2-5,7,9-10H,1,6,8H2,(H,16,18)/p+1. The summed E-state index contributed by atoms with van der Waals surface area (Å²) < 4.78 is 0.975. The number of rotatable bonds is 5. The monoisotopic (exact) mass is 308 g/mol. The molecule has 0 radical (unpaired) electrons. The van der Waals surface area contributed by atoms with Gasteiger partial charge in [0.1, 0.15) is 6.20 Å². The predicted octanol–water partition coefficient (Wildman–Crippen LogP) is 0.967. The molecule has 0 aliphatic carbocycles. The molecular weight excluding hydrogens is 294 g/mol. The third-order valence-electron chi connectivity index (χ3n) is 2.65. The van der Waals surface area contributed by atoms with Crippen LogP contribution in [0.1, 0.15) is 16.8 Å². The highest BCUT2D eigenvalue weighted by atomic mass is 79.9. The zero-order valence-electron chi connectivity index (χ0n) is 9.90. The summed E-state index contributed by atoms with van der Waals surface area (Å²) >= 11 is 3.34. The molecule has 4 nitrogen and oxygen atoms in total. The number of carbonyl (C=O) groups excluding carboxylic acids is 1. The second-order valence-corrected chi connectivity index (χ2v) is 4.95. The molecule has 0 fully saturated rings. The summed E-state index contributed by atoms with van der Waals surface area (Å²) in [6, 6.07) is 7.34. The molecule has 18 heavy (non-hydrogen) atoms. The van der Waals surface area contributed by atoms with E-state index in [1.54, 1.807) is 18.3 Å². The highest BCUT2D eigenvalue weighted by Gasteiger charge is 2.07. The second-order valence-electron chi connectivity index (χ2n) is 4.04. The average Bonchev–Trinajstić information content (AvgIpc) is 2.88. The van der Waals surface area contributed by atoms with Crippen LogP contribution in [0, 0.1) is 0 Å². The fourth-order valence-electron chi connectivity index (χ4n) is 1.67. The fourth-order valence-corrected chi connectivity index (χ4v) is 1.93. The molecule has 2 rings (SSSR count). The molecule has 1 heterocycles. The average molecular weight is 309 g/mol. The van der Waals surface area contributed by atoms with E-state index in [1.165, 1.54) is 4.90 Å². The van der Waals surface area contributed by atoms with Crippen molar-refractivity contribution in [3.05, 3.63) is 46.7 Å². The Morgan fingerprint density at radius 1 is 1.33 bits per heavy atom. The first-order valence-electron chi connectivity index (χ1n) is 5.85. The number of benzene rings is 1. The van der Waals surface area contributed by atoms with E-state index in [0.29, 0.717) is 12.1 Å². The van der Waals surface area contributed by atoms with Crippen molar-refractivity contribution in [2.45, 2.75) is 6.42 Å². The second kappa shape index (κ2) is 6.47. The maximum absolute atomic E-state index is 11.8. The van der Waals surface area contributed by atoms with Crippen LogP contribution in [0.2, 0.25) is 0 Å².